The lowest BCUT2D eigenvalue weighted by atomic mass is 10.1. The van der Waals surface area contributed by atoms with Crippen molar-refractivity contribution < 1.29 is 9.53 Å². The van der Waals surface area contributed by atoms with Crippen LogP contribution in [0.15, 0.2) is 48.5 Å². The zero-order valence-corrected chi connectivity index (χ0v) is 12.1. The van der Waals surface area contributed by atoms with Crippen molar-refractivity contribution in [1.82, 2.24) is 0 Å². The number of nitrogens with two attached hydrogens (primary N) is 1. The number of para-hydroxylation sites is 1. The van der Waals surface area contributed by atoms with Gasteiger partial charge < -0.3 is 15.8 Å². The minimum Gasteiger partial charge on any atom is -0.399 e. The summed E-state index contributed by atoms with van der Waals surface area (Å²) in [5, 5.41) is 2.79. The Morgan fingerprint density at radius 3 is 2.57 bits per heavy atom. The number of hydrogen-bond donors (Lipinski definition) is 2. The summed E-state index contributed by atoms with van der Waals surface area (Å²) < 4.78 is 5.38. The van der Waals surface area contributed by atoms with Crippen LogP contribution < -0.4 is 11.1 Å². The molecule has 4 heteroatoms. The van der Waals surface area contributed by atoms with Crippen LogP contribution in [-0.2, 0) is 16.0 Å². The molecule has 0 radical (unpaired) electrons. The summed E-state index contributed by atoms with van der Waals surface area (Å²) in [6.45, 7) is 2.51. The number of aryl methyl sites for hydroxylation is 1. The summed E-state index contributed by atoms with van der Waals surface area (Å²) >= 11 is 0. The summed E-state index contributed by atoms with van der Waals surface area (Å²) in [7, 11) is 0. The topological polar surface area (TPSA) is 64.3 Å². The van der Waals surface area contributed by atoms with Crippen molar-refractivity contribution in [2.24, 2.45) is 0 Å². The molecule has 0 saturated carbocycles. The van der Waals surface area contributed by atoms with E-state index in [-0.39, 0.29) is 12.5 Å². The van der Waals surface area contributed by atoms with E-state index >= 15 is 0 Å². The Kier molecular flexibility index (Phi) is 5.35. The Balaban J connectivity index is 1.70. The van der Waals surface area contributed by atoms with Gasteiger partial charge >= 0.3 is 0 Å². The van der Waals surface area contributed by atoms with Crippen LogP contribution in [0, 0.1) is 6.92 Å². The molecule has 2 aromatic carbocycles. The van der Waals surface area contributed by atoms with Crippen molar-refractivity contribution >= 4 is 17.3 Å². The van der Waals surface area contributed by atoms with Crippen molar-refractivity contribution in [2.75, 3.05) is 24.3 Å². The normalized spacial score (nSPS) is 10.3. The SMILES string of the molecule is Cc1ccc(NC(=O)COCCc2ccccc2N)cc1. The fourth-order valence-corrected chi connectivity index (χ4v) is 1.94. The number of rotatable bonds is 6. The Bertz CT molecular complexity index is 594. The van der Waals surface area contributed by atoms with Crippen LogP contribution >= 0.6 is 0 Å². The van der Waals surface area contributed by atoms with E-state index in [0.717, 1.165) is 22.5 Å². The van der Waals surface area contributed by atoms with Gasteiger partial charge in [0.15, 0.2) is 0 Å². The standard InChI is InChI=1S/C17H20N2O2/c1-13-6-8-15(9-7-13)19-17(20)12-21-11-10-14-4-2-3-5-16(14)18/h2-9H,10-12,18H2,1H3,(H,19,20). The predicted octanol–water partition coefficient (Wildman–Crippen LogP) is 2.78. The zero-order chi connectivity index (χ0) is 15.1. The van der Waals surface area contributed by atoms with Crippen LogP contribution in [-0.4, -0.2) is 19.1 Å². The molecule has 110 valence electrons. The van der Waals surface area contributed by atoms with Gasteiger partial charge in [-0.05, 0) is 37.1 Å². The maximum absolute atomic E-state index is 11.7. The fraction of sp³-hybridized carbons (Fsp3) is 0.235. The summed E-state index contributed by atoms with van der Waals surface area (Å²) in [6, 6.07) is 15.3. The highest BCUT2D eigenvalue weighted by molar-refractivity contribution is 5.91. The zero-order valence-electron chi connectivity index (χ0n) is 12.1. The molecule has 0 aromatic heterocycles. The molecule has 1 amide bonds. The molecule has 2 rings (SSSR count). The van der Waals surface area contributed by atoms with Gasteiger partial charge in [0.05, 0.1) is 6.61 Å². The summed E-state index contributed by atoms with van der Waals surface area (Å²) in [4.78, 5) is 11.7. The van der Waals surface area contributed by atoms with Gasteiger partial charge in [-0.2, -0.15) is 0 Å². The summed E-state index contributed by atoms with van der Waals surface area (Å²) in [5.41, 5.74) is 9.57. The smallest absolute Gasteiger partial charge is 0.250 e. The monoisotopic (exact) mass is 284 g/mol. The number of benzene rings is 2. The van der Waals surface area contributed by atoms with Gasteiger partial charge in [0.25, 0.3) is 0 Å². The van der Waals surface area contributed by atoms with Gasteiger partial charge in [-0.1, -0.05) is 35.9 Å². The van der Waals surface area contributed by atoms with Crippen LogP contribution in [0.1, 0.15) is 11.1 Å². The molecule has 0 aliphatic heterocycles. The Morgan fingerprint density at radius 2 is 1.86 bits per heavy atom. The van der Waals surface area contributed by atoms with Crippen LogP contribution in [0.3, 0.4) is 0 Å². The number of nitrogen functional groups attached to an aromatic ring is 1. The van der Waals surface area contributed by atoms with Gasteiger partial charge in [0.2, 0.25) is 5.91 Å². The fourth-order valence-electron chi connectivity index (χ4n) is 1.94. The first-order chi connectivity index (χ1) is 10.1. The molecule has 0 aliphatic rings. The minimum absolute atomic E-state index is 0.0423. The first-order valence-electron chi connectivity index (χ1n) is 6.93. The lowest BCUT2D eigenvalue weighted by Gasteiger charge is -2.08. The predicted molar refractivity (Wildman–Crippen MR) is 85.2 cm³/mol. The number of anilines is 2. The molecular formula is C17H20N2O2. The number of carbonyl (C=O) groups is 1. The average Bonchev–Trinajstić information content (AvgIpc) is 2.48. The second kappa shape index (κ2) is 7.45. The summed E-state index contributed by atoms with van der Waals surface area (Å²) in [5.74, 6) is -0.153. The third-order valence-corrected chi connectivity index (χ3v) is 3.14. The number of nitrogens with one attached hydrogen (secondary N) is 1. The molecule has 2 aromatic rings. The van der Waals surface area contributed by atoms with Crippen LogP contribution in [0.25, 0.3) is 0 Å². The lowest BCUT2D eigenvalue weighted by molar-refractivity contribution is -0.120. The molecule has 3 N–H and O–H groups in total. The van der Waals surface area contributed by atoms with Crippen LogP contribution in [0.5, 0.6) is 0 Å². The number of carbonyl (C=O) groups excluding carboxylic acids is 1. The molecule has 0 saturated heterocycles. The van der Waals surface area contributed by atoms with Crippen molar-refractivity contribution in [1.29, 1.82) is 0 Å². The highest BCUT2D eigenvalue weighted by atomic mass is 16.5. The molecule has 0 heterocycles. The second-order valence-electron chi connectivity index (χ2n) is 4.92. The Morgan fingerprint density at radius 1 is 1.14 bits per heavy atom. The van der Waals surface area contributed by atoms with Crippen molar-refractivity contribution in [3.63, 3.8) is 0 Å². The third kappa shape index (κ3) is 4.93. The van der Waals surface area contributed by atoms with E-state index in [1.165, 1.54) is 0 Å². The Hall–Kier alpha value is -2.33. The minimum atomic E-state index is -0.153. The van der Waals surface area contributed by atoms with Gasteiger partial charge in [0, 0.05) is 11.4 Å². The van der Waals surface area contributed by atoms with Crippen molar-refractivity contribution in [3.8, 4) is 0 Å². The molecule has 0 bridgehead atoms. The maximum Gasteiger partial charge on any atom is 0.250 e. The molecular weight excluding hydrogens is 264 g/mol. The maximum atomic E-state index is 11.7. The number of hydrogen-bond acceptors (Lipinski definition) is 3. The van der Waals surface area contributed by atoms with Crippen LogP contribution in [0.2, 0.25) is 0 Å². The van der Waals surface area contributed by atoms with Gasteiger partial charge in [-0.15, -0.1) is 0 Å². The first kappa shape index (κ1) is 15.1. The van der Waals surface area contributed by atoms with E-state index in [2.05, 4.69) is 5.32 Å². The number of ether oxygens (including phenoxy) is 1. The van der Waals surface area contributed by atoms with Gasteiger partial charge in [-0.3, -0.25) is 4.79 Å². The van der Waals surface area contributed by atoms with E-state index in [1.54, 1.807) is 0 Å². The largest absolute Gasteiger partial charge is 0.399 e. The van der Waals surface area contributed by atoms with Crippen molar-refractivity contribution in [3.05, 3.63) is 59.7 Å². The quantitative estimate of drug-likeness (QED) is 0.633. The Labute approximate surface area is 124 Å². The second-order valence-corrected chi connectivity index (χ2v) is 4.92. The average molecular weight is 284 g/mol. The molecule has 0 spiro atoms. The number of amides is 1. The van der Waals surface area contributed by atoms with Gasteiger partial charge in [-0.25, -0.2) is 0 Å². The molecule has 0 atom stereocenters. The van der Waals surface area contributed by atoms with E-state index in [4.69, 9.17) is 10.5 Å². The molecule has 4 nitrogen and oxygen atoms in total. The molecule has 21 heavy (non-hydrogen) atoms. The van der Waals surface area contributed by atoms with E-state index in [9.17, 15) is 4.79 Å². The highest BCUT2D eigenvalue weighted by Gasteiger charge is 2.03. The molecule has 0 unspecified atom stereocenters. The summed E-state index contributed by atoms with van der Waals surface area (Å²) in [6.07, 6.45) is 0.699. The van der Waals surface area contributed by atoms with E-state index in [1.807, 2.05) is 55.5 Å². The first-order valence-corrected chi connectivity index (χ1v) is 6.93. The van der Waals surface area contributed by atoms with Gasteiger partial charge in [0.1, 0.15) is 6.61 Å². The van der Waals surface area contributed by atoms with E-state index in [0.29, 0.717) is 13.0 Å². The highest BCUT2D eigenvalue weighted by Crippen LogP contribution is 2.11. The molecule has 0 fully saturated rings. The lowest BCUT2D eigenvalue weighted by Crippen LogP contribution is -2.19. The third-order valence-electron chi connectivity index (χ3n) is 3.14. The van der Waals surface area contributed by atoms with E-state index < -0.39 is 0 Å². The molecule has 0 aliphatic carbocycles. The van der Waals surface area contributed by atoms with Crippen LogP contribution in [0.4, 0.5) is 11.4 Å². The van der Waals surface area contributed by atoms with Crippen molar-refractivity contribution in [2.45, 2.75) is 13.3 Å².